The number of hydrogen-bond donors (Lipinski definition) is 2. The van der Waals surface area contributed by atoms with Gasteiger partial charge in [-0.05, 0) is 42.3 Å². The van der Waals surface area contributed by atoms with Gasteiger partial charge < -0.3 is 10.4 Å². The van der Waals surface area contributed by atoms with Crippen molar-refractivity contribution in [3.05, 3.63) is 64.2 Å². The first-order chi connectivity index (χ1) is 9.60. The number of nitrogens with one attached hydrogen (secondary N) is 1. The number of rotatable bonds is 4. The molecule has 2 aromatic carbocycles. The minimum absolute atomic E-state index is 0.356. The summed E-state index contributed by atoms with van der Waals surface area (Å²) in [4.78, 5) is 0. The van der Waals surface area contributed by atoms with Crippen LogP contribution in [0.5, 0.6) is 0 Å². The van der Waals surface area contributed by atoms with Gasteiger partial charge in [0.2, 0.25) is 0 Å². The van der Waals surface area contributed by atoms with E-state index in [9.17, 15) is 5.11 Å². The Morgan fingerprint density at radius 2 is 1.95 bits per heavy atom. The highest BCUT2D eigenvalue weighted by Gasteiger charge is 2.08. The van der Waals surface area contributed by atoms with Crippen molar-refractivity contribution in [3.8, 4) is 6.07 Å². The summed E-state index contributed by atoms with van der Waals surface area (Å²) in [6.45, 7) is 2.33. The zero-order valence-corrected chi connectivity index (χ0v) is 11.9. The van der Waals surface area contributed by atoms with Gasteiger partial charge in [0.05, 0.1) is 28.4 Å². The molecule has 0 aromatic heterocycles. The molecule has 0 radical (unpaired) electrons. The van der Waals surface area contributed by atoms with Crippen molar-refractivity contribution in [2.24, 2.45) is 0 Å². The van der Waals surface area contributed by atoms with Gasteiger partial charge in [0.15, 0.2) is 0 Å². The molecule has 1 atom stereocenters. The molecule has 0 aliphatic heterocycles. The van der Waals surface area contributed by atoms with Crippen LogP contribution in [0.15, 0.2) is 42.5 Å². The van der Waals surface area contributed by atoms with Crippen molar-refractivity contribution in [2.75, 3.05) is 11.9 Å². The lowest BCUT2D eigenvalue weighted by Gasteiger charge is -2.14. The molecule has 0 saturated heterocycles. The second-order valence-electron chi connectivity index (χ2n) is 4.61. The molecule has 1 unspecified atom stereocenters. The lowest BCUT2D eigenvalue weighted by Crippen LogP contribution is -2.12. The Morgan fingerprint density at radius 1 is 1.25 bits per heavy atom. The Labute approximate surface area is 123 Å². The van der Waals surface area contributed by atoms with Crippen molar-refractivity contribution in [1.82, 2.24) is 0 Å². The van der Waals surface area contributed by atoms with Crippen LogP contribution in [0.3, 0.4) is 0 Å². The SMILES string of the molecule is Cc1ccc(NCC(O)c2ccc(C#N)cc2)c(Cl)c1. The first kappa shape index (κ1) is 14.4. The second-order valence-corrected chi connectivity index (χ2v) is 5.02. The number of benzene rings is 2. The first-order valence-corrected chi connectivity index (χ1v) is 6.66. The van der Waals surface area contributed by atoms with E-state index in [2.05, 4.69) is 5.32 Å². The van der Waals surface area contributed by atoms with Crippen LogP contribution >= 0.6 is 11.6 Å². The summed E-state index contributed by atoms with van der Waals surface area (Å²) >= 11 is 6.12. The van der Waals surface area contributed by atoms with Crippen molar-refractivity contribution in [3.63, 3.8) is 0 Å². The third-order valence-corrected chi connectivity index (χ3v) is 3.35. The maximum Gasteiger partial charge on any atom is 0.0991 e. The summed E-state index contributed by atoms with van der Waals surface area (Å²) in [5, 5.41) is 22.6. The molecule has 4 heteroatoms. The smallest absolute Gasteiger partial charge is 0.0991 e. The zero-order valence-electron chi connectivity index (χ0n) is 11.1. The quantitative estimate of drug-likeness (QED) is 0.902. The molecule has 0 heterocycles. The van der Waals surface area contributed by atoms with Crippen LogP contribution in [0, 0.1) is 18.3 Å². The summed E-state index contributed by atoms with van der Waals surface area (Å²) in [5.74, 6) is 0. The monoisotopic (exact) mass is 286 g/mol. The molecule has 2 rings (SSSR count). The summed E-state index contributed by atoms with van der Waals surface area (Å²) < 4.78 is 0. The van der Waals surface area contributed by atoms with E-state index in [0.717, 1.165) is 16.8 Å². The largest absolute Gasteiger partial charge is 0.387 e. The first-order valence-electron chi connectivity index (χ1n) is 6.28. The van der Waals surface area contributed by atoms with Crippen LogP contribution in [0.1, 0.15) is 22.8 Å². The second kappa shape index (κ2) is 6.42. The molecule has 0 aliphatic carbocycles. The molecule has 0 fully saturated rings. The van der Waals surface area contributed by atoms with Crippen LogP contribution < -0.4 is 5.32 Å². The van der Waals surface area contributed by atoms with Gasteiger partial charge >= 0.3 is 0 Å². The van der Waals surface area contributed by atoms with E-state index in [1.807, 2.05) is 31.2 Å². The van der Waals surface area contributed by atoms with Crippen molar-refractivity contribution < 1.29 is 5.11 Å². The molecule has 0 spiro atoms. The van der Waals surface area contributed by atoms with E-state index in [1.165, 1.54) is 0 Å². The molecule has 2 aromatic rings. The Bertz CT molecular complexity index is 632. The molecule has 20 heavy (non-hydrogen) atoms. The molecule has 0 aliphatic rings. The Kier molecular flexibility index (Phi) is 4.62. The number of aliphatic hydroxyl groups excluding tert-OH is 1. The average Bonchev–Trinajstić information content (AvgIpc) is 2.46. The van der Waals surface area contributed by atoms with Crippen LogP contribution in [0.2, 0.25) is 5.02 Å². The fraction of sp³-hybridized carbons (Fsp3) is 0.188. The molecule has 0 amide bonds. The topological polar surface area (TPSA) is 56.0 Å². The highest BCUT2D eigenvalue weighted by atomic mass is 35.5. The summed E-state index contributed by atoms with van der Waals surface area (Å²) in [7, 11) is 0. The Morgan fingerprint density at radius 3 is 2.55 bits per heavy atom. The van der Waals surface area contributed by atoms with Gasteiger partial charge in [-0.15, -0.1) is 0 Å². The normalized spacial score (nSPS) is 11.7. The summed E-state index contributed by atoms with van der Waals surface area (Å²) in [6.07, 6.45) is -0.653. The summed E-state index contributed by atoms with van der Waals surface area (Å²) in [5.41, 5.74) is 3.23. The zero-order chi connectivity index (χ0) is 14.5. The molecular weight excluding hydrogens is 272 g/mol. The van der Waals surface area contributed by atoms with E-state index < -0.39 is 6.10 Å². The Hall–Kier alpha value is -2.02. The minimum Gasteiger partial charge on any atom is -0.387 e. The van der Waals surface area contributed by atoms with Gasteiger partial charge in [0.25, 0.3) is 0 Å². The van der Waals surface area contributed by atoms with Crippen molar-refractivity contribution in [1.29, 1.82) is 5.26 Å². The molecule has 2 N–H and O–H groups in total. The van der Waals surface area contributed by atoms with Crippen LogP contribution in [0.25, 0.3) is 0 Å². The molecule has 0 saturated carbocycles. The Balaban J connectivity index is 2.00. The van der Waals surface area contributed by atoms with Crippen molar-refractivity contribution >= 4 is 17.3 Å². The van der Waals surface area contributed by atoms with Gasteiger partial charge in [0, 0.05) is 6.54 Å². The number of aliphatic hydroxyl groups is 1. The van der Waals surface area contributed by atoms with Crippen LogP contribution in [-0.4, -0.2) is 11.7 Å². The predicted octanol–water partition coefficient (Wildman–Crippen LogP) is 3.67. The fourth-order valence-electron chi connectivity index (χ4n) is 1.87. The molecule has 102 valence electrons. The van der Waals surface area contributed by atoms with E-state index in [1.54, 1.807) is 24.3 Å². The number of nitrogens with zero attached hydrogens (tertiary/aromatic N) is 1. The summed E-state index contributed by atoms with van der Waals surface area (Å²) in [6, 6.07) is 14.7. The van der Waals surface area contributed by atoms with Crippen LogP contribution in [0.4, 0.5) is 5.69 Å². The average molecular weight is 287 g/mol. The van der Waals surface area contributed by atoms with E-state index in [4.69, 9.17) is 16.9 Å². The number of nitriles is 1. The molecule has 0 bridgehead atoms. The number of hydrogen-bond acceptors (Lipinski definition) is 3. The van der Waals surface area contributed by atoms with Gasteiger partial charge in [-0.3, -0.25) is 0 Å². The van der Waals surface area contributed by atoms with Gasteiger partial charge in [0.1, 0.15) is 0 Å². The maximum absolute atomic E-state index is 10.1. The number of halogens is 1. The number of anilines is 1. The van der Waals surface area contributed by atoms with Gasteiger partial charge in [-0.1, -0.05) is 29.8 Å². The molecule has 3 nitrogen and oxygen atoms in total. The van der Waals surface area contributed by atoms with E-state index in [0.29, 0.717) is 17.1 Å². The van der Waals surface area contributed by atoms with Crippen molar-refractivity contribution in [2.45, 2.75) is 13.0 Å². The predicted molar refractivity (Wildman–Crippen MR) is 80.8 cm³/mol. The van der Waals surface area contributed by atoms with E-state index in [-0.39, 0.29) is 0 Å². The maximum atomic E-state index is 10.1. The third-order valence-electron chi connectivity index (χ3n) is 3.04. The van der Waals surface area contributed by atoms with E-state index >= 15 is 0 Å². The highest BCUT2D eigenvalue weighted by molar-refractivity contribution is 6.33. The number of aryl methyl sites for hydroxylation is 1. The standard InChI is InChI=1S/C16H15ClN2O/c1-11-2-7-15(14(17)8-11)19-10-16(20)13-5-3-12(9-18)4-6-13/h2-8,16,19-20H,10H2,1H3. The fourth-order valence-corrected chi connectivity index (χ4v) is 2.17. The van der Waals surface area contributed by atoms with Gasteiger partial charge in [-0.25, -0.2) is 0 Å². The lowest BCUT2D eigenvalue weighted by atomic mass is 10.1. The third kappa shape index (κ3) is 3.51. The minimum atomic E-state index is -0.653. The van der Waals surface area contributed by atoms with Gasteiger partial charge in [-0.2, -0.15) is 5.26 Å². The molecular formula is C16H15ClN2O. The van der Waals surface area contributed by atoms with Crippen LogP contribution in [-0.2, 0) is 0 Å². The lowest BCUT2D eigenvalue weighted by molar-refractivity contribution is 0.191. The highest BCUT2D eigenvalue weighted by Crippen LogP contribution is 2.23.